The van der Waals surface area contributed by atoms with Crippen LogP contribution in [0.25, 0.3) is 17.1 Å². The molecule has 1 aromatic heterocycles. The summed E-state index contributed by atoms with van der Waals surface area (Å²) >= 11 is 0. The van der Waals surface area contributed by atoms with Gasteiger partial charge in [-0.3, -0.25) is 10.3 Å². The molecule has 130 valence electrons. The Balaban J connectivity index is 1.67. The number of anilines is 3. The molecule has 0 aliphatic carbocycles. The highest BCUT2D eigenvalue weighted by atomic mass is 16.6. The van der Waals surface area contributed by atoms with Gasteiger partial charge in [-0.05, 0) is 40.1 Å². The largest absolute Gasteiger partial charge is 0.380 e. The van der Waals surface area contributed by atoms with Gasteiger partial charge in [-0.2, -0.15) is 0 Å². The highest BCUT2D eigenvalue weighted by molar-refractivity contribution is 5.95. The summed E-state index contributed by atoms with van der Waals surface area (Å²) in [7, 11) is 5.57. The average molecular weight is 339 g/mol. The molecule has 0 radical (unpaired) electrons. The van der Waals surface area contributed by atoms with Crippen molar-refractivity contribution >= 4 is 34.2 Å². The van der Waals surface area contributed by atoms with Crippen molar-refractivity contribution in [2.45, 2.75) is 0 Å². The Kier molecular flexibility index (Phi) is 4.85. The van der Waals surface area contributed by atoms with Crippen LogP contribution < -0.4 is 15.3 Å². The van der Waals surface area contributed by atoms with Gasteiger partial charge in [0.25, 0.3) is 0 Å². The molecular weight excluding hydrogens is 318 g/mol. The average Bonchev–Trinajstić information content (AvgIpc) is 3.08. The zero-order valence-corrected chi connectivity index (χ0v) is 14.5. The highest BCUT2D eigenvalue weighted by Gasteiger charge is 2.13. The van der Waals surface area contributed by atoms with Gasteiger partial charge in [-0.25, -0.2) is 4.63 Å². The third-order valence-corrected chi connectivity index (χ3v) is 3.87. The van der Waals surface area contributed by atoms with Crippen LogP contribution in [0.2, 0.25) is 0 Å². The van der Waals surface area contributed by atoms with E-state index in [1.807, 2.05) is 26.2 Å². The van der Waals surface area contributed by atoms with Crippen molar-refractivity contribution in [3.05, 3.63) is 48.0 Å². The predicted molar refractivity (Wildman–Crippen MR) is 100 cm³/mol. The lowest BCUT2D eigenvalue weighted by Gasteiger charge is -2.12. The van der Waals surface area contributed by atoms with E-state index in [0.29, 0.717) is 23.3 Å². The minimum Gasteiger partial charge on any atom is -0.380 e. The van der Waals surface area contributed by atoms with E-state index in [1.165, 1.54) is 12.7 Å². The Morgan fingerprint density at radius 3 is 2.44 bits per heavy atom. The molecule has 3 rings (SSSR count). The molecule has 3 aromatic rings. The van der Waals surface area contributed by atoms with Crippen LogP contribution in [-0.4, -0.2) is 43.2 Å². The number of hydrogen-bond acceptors (Lipinski definition) is 7. The molecule has 1 heterocycles. The molecule has 0 spiro atoms. The first-order valence-corrected chi connectivity index (χ1v) is 7.92. The van der Waals surface area contributed by atoms with Crippen LogP contribution in [0.15, 0.2) is 47.1 Å². The second-order valence-electron chi connectivity index (χ2n) is 5.89. The molecule has 2 aromatic carbocycles. The molecule has 2 N–H and O–H groups in total. The normalized spacial score (nSPS) is 11.2. The number of fused-ring (bicyclic) bond motifs is 1. The van der Waals surface area contributed by atoms with E-state index in [0.717, 1.165) is 16.3 Å². The lowest BCUT2D eigenvalue weighted by Crippen LogP contribution is -2.10. The molecule has 0 aliphatic heterocycles. The number of hydrogen-bond donors (Lipinski definition) is 2. The van der Waals surface area contributed by atoms with Crippen molar-refractivity contribution in [3.8, 4) is 0 Å². The van der Waals surface area contributed by atoms with E-state index in [9.17, 15) is 5.21 Å². The van der Waals surface area contributed by atoms with Gasteiger partial charge in [-0.15, -0.1) is 0 Å². The van der Waals surface area contributed by atoms with Crippen molar-refractivity contribution in [3.63, 3.8) is 0 Å². The molecule has 0 saturated heterocycles. The van der Waals surface area contributed by atoms with Crippen molar-refractivity contribution in [2.75, 3.05) is 43.0 Å². The molecule has 25 heavy (non-hydrogen) atoms. The van der Waals surface area contributed by atoms with Crippen molar-refractivity contribution in [1.82, 2.24) is 10.3 Å². The van der Waals surface area contributed by atoms with E-state index in [1.54, 1.807) is 6.07 Å². The van der Waals surface area contributed by atoms with Gasteiger partial charge >= 0.3 is 0 Å². The summed E-state index contributed by atoms with van der Waals surface area (Å²) in [4.78, 5) is 2.07. The molecular formula is C18H21N5O2. The van der Waals surface area contributed by atoms with Crippen LogP contribution >= 0.6 is 0 Å². The fourth-order valence-corrected chi connectivity index (χ4v) is 2.50. The number of nitrogens with zero attached hydrogens (tertiary/aromatic N) is 4. The van der Waals surface area contributed by atoms with Gasteiger partial charge in [0.05, 0.1) is 11.4 Å². The first-order valence-electron chi connectivity index (χ1n) is 7.92. The third-order valence-electron chi connectivity index (χ3n) is 3.87. The summed E-state index contributed by atoms with van der Waals surface area (Å²) in [6.45, 7) is 0.631. The first kappa shape index (κ1) is 16.8. The van der Waals surface area contributed by atoms with Gasteiger partial charge in [0.15, 0.2) is 11.0 Å². The quantitative estimate of drug-likeness (QED) is 0.668. The van der Waals surface area contributed by atoms with Gasteiger partial charge in [0.2, 0.25) is 0 Å². The van der Waals surface area contributed by atoms with Crippen LogP contribution in [0.1, 0.15) is 5.56 Å². The molecule has 0 amide bonds. The fraction of sp³-hybridized carbons (Fsp3) is 0.222. The van der Waals surface area contributed by atoms with E-state index >= 15 is 0 Å². The van der Waals surface area contributed by atoms with E-state index < -0.39 is 0 Å². The first-order chi connectivity index (χ1) is 12.1. The summed E-state index contributed by atoms with van der Waals surface area (Å²) in [6.07, 6.45) is 4.09. The number of nitrogens with one attached hydrogen (secondary N) is 1. The predicted octanol–water partition coefficient (Wildman–Crippen LogP) is 3.24. The van der Waals surface area contributed by atoms with Gasteiger partial charge in [-0.1, -0.05) is 24.3 Å². The van der Waals surface area contributed by atoms with Crippen molar-refractivity contribution in [1.29, 1.82) is 0 Å². The maximum Gasteiger partial charge on any atom is 0.162 e. The topological polar surface area (TPSA) is 77.7 Å². The van der Waals surface area contributed by atoms with Crippen LogP contribution in [-0.2, 0) is 0 Å². The van der Waals surface area contributed by atoms with Gasteiger partial charge in [0, 0.05) is 33.4 Å². The number of aromatic nitrogens is 2. The van der Waals surface area contributed by atoms with E-state index in [2.05, 4.69) is 50.9 Å². The van der Waals surface area contributed by atoms with Gasteiger partial charge in [0.1, 0.15) is 0 Å². The summed E-state index contributed by atoms with van der Waals surface area (Å²) in [5.74, 6) is 0. The summed E-state index contributed by atoms with van der Waals surface area (Å²) in [6, 6.07) is 11.9. The van der Waals surface area contributed by atoms with Crippen LogP contribution in [0.3, 0.4) is 0 Å². The minimum atomic E-state index is 0.512. The molecule has 0 unspecified atom stereocenters. The molecule has 7 nitrogen and oxygen atoms in total. The molecule has 0 aliphatic rings. The Morgan fingerprint density at radius 1 is 1.04 bits per heavy atom. The number of hydroxylamine groups is 1. The lowest BCUT2D eigenvalue weighted by molar-refractivity contribution is 0.279. The third kappa shape index (κ3) is 3.72. The standard InChI is InChI=1S/C18H21N5O2/c1-22(2)14-8-6-13(7-9-14)5-4-12-19-15-10-11-16(23(3)24)18-17(15)20-25-21-18/h4-11,19,24H,12H2,1-3H3/b5-4-. The zero-order valence-electron chi connectivity index (χ0n) is 14.5. The molecule has 0 saturated carbocycles. The maximum absolute atomic E-state index is 9.61. The number of rotatable bonds is 6. The van der Waals surface area contributed by atoms with Crippen LogP contribution in [0.5, 0.6) is 0 Å². The van der Waals surface area contributed by atoms with Gasteiger partial charge < -0.3 is 10.2 Å². The second kappa shape index (κ2) is 7.23. The summed E-state index contributed by atoms with van der Waals surface area (Å²) in [5, 5.41) is 21.6. The fourth-order valence-electron chi connectivity index (χ4n) is 2.50. The number of benzene rings is 2. The van der Waals surface area contributed by atoms with Crippen LogP contribution in [0.4, 0.5) is 17.1 Å². The summed E-state index contributed by atoms with van der Waals surface area (Å²) < 4.78 is 4.80. The molecule has 0 atom stereocenters. The SMILES string of the molecule is CN(C)c1ccc(/C=C\CNc2ccc(N(C)O)c3nonc23)cc1. The van der Waals surface area contributed by atoms with E-state index in [-0.39, 0.29) is 0 Å². The highest BCUT2D eigenvalue weighted by Crippen LogP contribution is 2.28. The smallest absolute Gasteiger partial charge is 0.162 e. The molecule has 0 fully saturated rings. The van der Waals surface area contributed by atoms with E-state index in [4.69, 9.17) is 4.63 Å². The second-order valence-corrected chi connectivity index (χ2v) is 5.89. The van der Waals surface area contributed by atoms with Crippen molar-refractivity contribution < 1.29 is 9.84 Å². The monoisotopic (exact) mass is 339 g/mol. The lowest BCUT2D eigenvalue weighted by atomic mass is 10.2. The molecule has 0 bridgehead atoms. The zero-order chi connectivity index (χ0) is 17.8. The minimum absolute atomic E-state index is 0.512. The van der Waals surface area contributed by atoms with Crippen molar-refractivity contribution in [2.24, 2.45) is 0 Å². The Morgan fingerprint density at radius 2 is 1.76 bits per heavy atom. The summed E-state index contributed by atoms with van der Waals surface area (Å²) in [5.41, 5.74) is 4.75. The Labute approximate surface area is 146 Å². The maximum atomic E-state index is 9.61. The Bertz CT molecular complexity index is 869. The van der Waals surface area contributed by atoms with Crippen LogP contribution in [0, 0.1) is 0 Å². The molecule has 7 heteroatoms. The Hall–Kier alpha value is -3.06.